The Bertz CT molecular complexity index is 665. The van der Waals surface area contributed by atoms with Gasteiger partial charge in [0, 0.05) is 17.6 Å². The lowest BCUT2D eigenvalue weighted by atomic mass is 9.94. The average molecular weight is 292 g/mol. The molecular formula is C19H20N2O. The van der Waals surface area contributed by atoms with Crippen molar-refractivity contribution in [3.8, 4) is 6.07 Å². The smallest absolute Gasteiger partial charge is 0.254 e. The molecule has 3 fully saturated rings. The summed E-state index contributed by atoms with van der Waals surface area (Å²) in [6.45, 7) is 0. The Morgan fingerprint density at radius 1 is 1.18 bits per heavy atom. The summed E-state index contributed by atoms with van der Waals surface area (Å²) in [5, 5.41) is 9.01. The van der Waals surface area contributed by atoms with Gasteiger partial charge in [0.05, 0.1) is 11.6 Å². The van der Waals surface area contributed by atoms with Crippen molar-refractivity contribution in [2.45, 2.75) is 50.6 Å². The van der Waals surface area contributed by atoms with E-state index in [0.717, 1.165) is 31.6 Å². The maximum atomic E-state index is 12.9. The third-order valence-electron chi connectivity index (χ3n) is 5.18. The summed E-state index contributed by atoms with van der Waals surface area (Å²) in [6, 6.07) is 9.95. The van der Waals surface area contributed by atoms with Gasteiger partial charge in [0.2, 0.25) is 0 Å². The van der Waals surface area contributed by atoms with Crippen LogP contribution in [0.4, 0.5) is 0 Å². The fourth-order valence-electron chi connectivity index (χ4n) is 3.99. The molecule has 2 aliphatic heterocycles. The standard InChI is InChI=1S/C19H20N2O/c20-12-14-2-1-3-16(9-14)19(22)21-17-6-7-18(21)11-15(10-17)8-13-4-5-13/h1-3,8-9,13,17-18H,4-7,10-11H2. The minimum Gasteiger partial charge on any atom is -0.332 e. The number of hydrogen-bond acceptors (Lipinski definition) is 2. The molecule has 22 heavy (non-hydrogen) atoms. The molecule has 0 N–H and O–H groups in total. The Labute approximate surface area is 131 Å². The zero-order valence-corrected chi connectivity index (χ0v) is 12.7. The summed E-state index contributed by atoms with van der Waals surface area (Å²) in [4.78, 5) is 15.0. The highest BCUT2D eigenvalue weighted by atomic mass is 16.2. The number of carbonyl (C=O) groups excluding carboxylic acids is 1. The first-order valence-electron chi connectivity index (χ1n) is 8.27. The molecule has 112 valence electrons. The van der Waals surface area contributed by atoms with Gasteiger partial charge >= 0.3 is 0 Å². The van der Waals surface area contributed by atoms with Crippen molar-refractivity contribution in [2.24, 2.45) is 5.92 Å². The van der Waals surface area contributed by atoms with E-state index >= 15 is 0 Å². The molecule has 4 rings (SSSR count). The number of benzene rings is 1. The number of fused-ring (bicyclic) bond motifs is 2. The number of nitrogens with zero attached hydrogens (tertiary/aromatic N) is 2. The molecule has 1 saturated carbocycles. The molecular weight excluding hydrogens is 272 g/mol. The van der Waals surface area contributed by atoms with Gasteiger partial charge in [-0.25, -0.2) is 0 Å². The highest BCUT2D eigenvalue weighted by molar-refractivity contribution is 5.95. The molecule has 1 aliphatic carbocycles. The van der Waals surface area contributed by atoms with Crippen LogP contribution < -0.4 is 0 Å². The first-order valence-corrected chi connectivity index (χ1v) is 8.27. The van der Waals surface area contributed by atoms with Crippen molar-refractivity contribution >= 4 is 5.91 Å². The predicted molar refractivity (Wildman–Crippen MR) is 84.2 cm³/mol. The van der Waals surface area contributed by atoms with Crippen molar-refractivity contribution in [1.82, 2.24) is 4.90 Å². The van der Waals surface area contributed by atoms with E-state index in [9.17, 15) is 4.79 Å². The van der Waals surface area contributed by atoms with E-state index in [1.807, 2.05) is 6.07 Å². The Morgan fingerprint density at radius 2 is 1.91 bits per heavy atom. The van der Waals surface area contributed by atoms with Crippen LogP contribution in [0.2, 0.25) is 0 Å². The van der Waals surface area contributed by atoms with Gasteiger partial charge < -0.3 is 4.90 Å². The van der Waals surface area contributed by atoms with Crippen LogP contribution in [-0.4, -0.2) is 22.9 Å². The second kappa shape index (κ2) is 5.28. The summed E-state index contributed by atoms with van der Waals surface area (Å²) in [7, 11) is 0. The molecule has 0 aromatic heterocycles. The van der Waals surface area contributed by atoms with E-state index in [2.05, 4.69) is 17.0 Å². The van der Waals surface area contributed by atoms with Crippen molar-refractivity contribution in [3.05, 3.63) is 47.0 Å². The number of amides is 1. The molecule has 2 atom stereocenters. The Kier molecular flexibility index (Phi) is 3.26. The van der Waals surface area contributed by atoms with Gasteiger partial charge in [-0.15, -0.1) is 0 Å². The topological polar surface area (TPSA) is 44.1 Å². The van der Waals surface area contributed by atoms with Gasteiger partial charge in [0.25, 0.3) is 5.91 Å². The van der Waals surface area contributed by atoms with Crippen LogP contribution >= 0.6 is 0 Å². The molecule has 1 aromatic rings. The molecule has 2 unspecified atom stereocenters. The number of carbonyl (C=O) groups is 1. The summed E-state index contributed by atoms with van der Waals surface area (Å²) >= 11 is 0. The Hall–Kier alpha value is -2.08. The summed E-state index contributed by atoms with van der Waals surface area (Å²) in [6.07, 6.45) is 9.52. The molecule has 1 amide bonds. The average Bonchev–Trinajstić information content (AvgIpc) is 3.31. The summed E-state index contributed by atoms with van der Waals surface area (Å²) in [5.41, 5.74) is 2.79. The molecule has 3 nitrogen and oxygen atoms in total. The maximum Gasteiger partial charge on any atom is 0.254 e. The molecule has 2 bridgehead atoms. The fourth-order valence-corrected chi connectivity index (χ4v) is 3.99. The van der Waals surface area contributed by atoms with Crippen molar-refractivity contribution in [1.29, 1.82) is 5.26 Å². The zero-order chi connectivity index (χ0) is 15.1. The third-order valence-corrected chi connectivity index (χ3v) is 5.18. The highest BCUT2D eigenvalue weighted by Crippen LogP contribution is 2.42. The van der Waals surface area contributed by atoms with Gasteiger partial charge in [-0.3, -0.25) is 4.79 Å². The number of rotatable bonds is 2. The predicted octanol–water partition coefficient (Wildman–Crippen LogP) is 3.66. The second-order valence-corrected chi connectivity index (χ2v) is 6.86. The monoisotopic (exact) mass is 292 g/mol. The highest BCUT2D eigenvalue weighted by Gasteiger charge is 2.41. The minimum absolute atomic E-state index is 0.107. The number of hydrogen-bond donors (Lipinski definition) is 0. The van der Waals surface area contributed by atoms with Crippen LogP contribution in [-0.2, 0) is 0 Å². The van der Waals surface area contributed by atoms with Gasteiger partial charge in [-0.05, 0) is 62.6 Å². The van der Waals surface area contributed by atoms with E-state index in [0.29, 0.717) is 23.2 Å². The van der Waals surface area contributed by atoms with Gasteiger partial charge in [0.1, 0.15) is 0 Å². The SMILES string of the molecule is N#Cc1cccc(C(=O)N2C3CCC2CC(=CC2CC2)C3)c1. The van der Waals surface area contributed by atoms with Crippen molar-refractivity contribution < 1.29 is 4.79 Å². The van der Waals surface area contributed by atoms with E-state index < -0.39 is 0 Å². The first-order chi connectivity index (χ1) is 10.7. The van der Waals surface area contributed by atoms with E-state index in [4.69, 9.17) is 5.26 Å². The summed E-state index contributed by atoms with van der Waals surface area (Å²) < 4.78 is 0. The van der Waals surface area contributed by atoms with Crippen molar-refractivity contribution in [3.63, 3.8) is 0 Å². The van der Waals surface area contributed by atoms with E-state index in [-0.39, 0.29) is 5.91 Å². The molecule has 0 spiro atoms. The lowest BCUT2D eigenvalue weighted by Gasteiger charge is -2.36. The van der Waals surface area contributed by atoms with Crippen LogP contribution in [0.5, 0.6) is 0 Å². The molecule has 2 saturated heterocycles. The van der Waals surface area contributed by atoms with E-state index in [1.54, 1.807) is 23.8 Å². The molecule has 1 aromatic carbocycles. The van der Waals surface area contributed by atoms with E-state index in [1.165, 1.54) is 12.8 Å². The van der Waals surface area contributed by atoms with Crippen LogP contribution in [0.1, 0.15) is 54.4 Å². The first kappa shape index (κ1) is 13.6. The molecule has 3 aliphatic rings. The van der Waals surface area contributed by atoms with Crippen LogP contribution in [0.15, 0.2) is 35.9 Å². The molecule has 2 heterocycles. The molecule has 3 heteroatoms. The fraction of sp³-hybridized carbons (Fsp3) is 0.474. The maximum absolute atomic E-state index is 12.9. The van der Waals surface area contributed by atoms with Gasteiger partial charge in [-0.1, -0.05) is 17.7 Å². The van der Waals surface area contributed by atoms with Crippen LogP contribution in [0.25, 0.3) is 0 Å². The largest absolute Gasteiger partial charge is 0.332 e. The quantitative estimate of drug-likeness (QED) is 0.781. The Morgan fingerprint density at radius 3 is 2.55 bits per heavy atom. The number of allylic oxidation sites excluding steroid dienone is 1. The van der Waals surface area contributed by atoms with Crippen LogP contribution in [0, 0.1) is 17.2 Å². The number of piperidine rings is 1. The zero-order valence-electron chi connectivity index (χ0n) is 12.7. The van der Waals surface area contributed by atoms with Gasteiger partial charge in [0.15, 0.2) is 0 Å². The minimum atomic E-state index is 0.107. The number of nitriles is 1. The third kappa shape index (κ3) is 2.43. The summed E-state index contributed by atoms with van der Waals surface area (Å²) in [5.74, 6) is 0.930. The second-order valence-electron chi connectivity index (χ2n) is 6.86. The Balaban J connectivity index is 1.56. The van der Waals surface area contributed by atoms with Crippen molar-refractivity contribution in [2.75, 3.05) is 0 Å². The normalized spacial score (nSPS) is 26.7. The van der Waals surface area contributed by atoms with Crippen LogP contribution in [0.3, 0.4) is 0 Å². The van der Waals surface area contributed by atoms with Gasteiger partial charge in [-0.2, -0.15) is 5.26 Å². The molecule has 0 radical (unpaired) electrons. The lowest BCUT2D eigenvalue weighted by molar-refractivity contribution is 0.0634. The lowest BCUT2D eigenvalue weighted by Crippen LogP contribution is -2.44.